The van der Waals surface area contributed by atoms with Gasteiger partial charge in [0.05, 0.1) is 16.8 Å². The molecule has 0 fully saturated rings. The number of aromatic nitrogens is 2. The number of fused-ring (bicyclic) bond motifs is 1. The van der Waals surface area contributed by atoms with Gasteiger partial charge in [-0.25, -0.2) is 9.97 Å². The van der Waals surface area contributed by atoms with Gasteiger partial charge in [0, 0.05) is 19.2 Å². The first-order chi connectivity index (χ1) is 11.5. The maximum atomic E-state index is 12.1. The molecule has 1 aromatic carbocycles. The third kappa shape index (κ3) is 2.78. The third-order valence-electron chi connectivity index (χ3n) is 3.68. The lowest BCUT2D eigenvalue weighted by molar-refractivity contribution is 0.0968. The monoisotopic (exact) mass is 341 g/mol. The molecular weight excluding hydrogens is 322 g/mol. The molecule has 24 heavy (non-hydrogen) atoms. The van der Waals surface area contributed by atoms with Gasteiger partial charge in [0.15, 0.2) is 0 Å². The van der Waals surface area contributed by atoms with Crippen molar-refractivity contribution in [2.24, 2.45) is 0 Å². The van der Waals surface area contributed by atoms with Crippen LogP contribution in [0.1, 0.15) is 22.2 Å². The lowest BCUT2D eigenvalue weighted by atomic mass is 10.1. The van der Waals surface area contributed by atoms with Crippen molar-refractivity contribution in [1.29, 1.82) is 0 Å². The zero-order chi connectivity index (χ0) is 17.3. The van der Waals surface area contributed by atoms with Gasteiger partial charge in [-0.1, -0.05) is 29.8 Å². The number of carbonyl (C=O) groups is 1. The van der Waals surface area contributed by atoms with Crippen molar-refractivity contribution in [2.45, 2.75) is 13.8 Å². The number of hydrogen-bond donors (Lipinski definition) is 3. The van der Waals surface area contributed by atoms with Gasteiger partial charge in [-0.3, -0.25) is 4.79 Å². The Kier molecular flexibility index (Phi) is 4.35. The van der Waals surface area contributed by atoms with E-state index in [1.165, 1.54) is 16.9 Å². The highest BCUT2D eigenvalue weighted by Crippen LogP contribution is 2.39. The quantitative estimate of drug-likeness (QED) is 0.678. The molecule has 0 saturated carbocycles. The summed E-state index contributed by atoms with van der Waals surface area (Å²) in [6.45, 7) is 4.73. The molecule has 4 N–H and O–H groups in total. The fourth-order valence-electron chi connectivity index (χ4n) is 2.46. The van der Waals surface area contributed by atoms with Crippen molar-refractivity contribution in [3.8, 4) is 11.3 Å². The molecule has 0 spiro atoms. The Labute approximate surface area is 144 Å². The smallest absolute Gasteiger partial charge is 0.263 e. The van der Waals surface area contributed by atoms with Crippen LogP contribution in [0, 0.1) is 6.92 Å². The fourth-order valence-corrected chi connectivity index (χ4v) is 3.50. The second kappa shape index (κ2) is 6.45. The summed E-state index contributed by atoms with van der Waals surface area (Å²) < 4.78 is 0. The number of aryl methyl sites for hydroxylation is 1. The number of nitrogens with two attached hydrogens (primary N) is 1. The molecule has 124 valence electrons. The van der Waals surface area contributed by atoms with Gasteiger partial charge in [-0.05, 0) is 13.8 Å². The van der Waals surface area contributed by atoms with Crippen LogP contribution in [0.4, 0.5) is 11.6 Å². The summed E-state index contributed by atoms with van der Waals surface area (Å²) in [5.41, 5.74) is 9.53. The Balaban J connectivity index is 2.30. The summed E-state index contributed by atoms with van der Waals surface area (Å²) >= 11 is 1.28. The summed E-state index contributed by atoms with van der Waals surface area (Å²) in [5, 5.41) is 6.48. The fraction of sp³-hybridized carbons (Fsp3) is 0.235. The second-order valence-corrected chi connectivity index (χ2v) is 6.40. The molecule has 3 aromatic rings. The lowest BCUT2D eigenvalue weighted by Crippen LogP contribution is -2.17. The average Bonchev–Trinajstić information content (AvgIpc) is 2.91. The first kappa shape index (κ1) is 16.2. The zero-order valence-corrected chi connectivity index (χ0v) is 14.6. The topological polar surface area (TPSA) is 92.9 Å². The summed E-state index contributed by atoms with van der Waals surface area (Å²) in [6, 6.07) is 8.06. The molecule has 0 unspecified atom stereocenters. The predicted octanol–water partition coefficient (Wildman–Crippen LogP) is 3.04. The Morgan fingerprint density at radius 1 is 1.25 bits per heavy atom. The van der Waals surface area contributed by atoms with E-state index in [2.05, 4.69) is 20.6 Å². The highest BCUT2D eigenvalue weighted by Gasteiger charge is 2.21. The SMILES string of the molecule is CCNc1nc(-c2ccc(C)cc2)c2c(N)c(C(=O)NC)sc2n1. The van der Waals surface area contributed by atoms with Gasteiger partial charge in [0.1, 0.15) is 9.71 Å². The lowest BCUT2D eigenvalue weighted by Gasteiger charge is -2.08. The standard InChI is InChI=1S/C17H19N5OS/c1-4-20-17-21-13(10-7-5-9(2)6-8-10)11-12(18)14(15(23)19-3)24-16(11)22-17/h5-8H,4,18H2,1-3H3,(H,19,23)(H,20,21,22). The predicted molar refractivity (Wildman–Crippen MR) is 99.6 cm³/mol. The maximum Gasteiger partial charge on any atom is 0.263 e. The number of amides is 1. The molecule has 0 saturated heterocycles. The van der Waals surface area contributed by atoms with Crippen LogP contribution in [0.5, 0.6) is 0 Å². The van der Waals surface area contributed by atoms with Crippen LogP contribution < -0.4 is 16.4 Å². The highest BCUT2D eigenvalue weighted by molar-refractivity contribution is 7.21. The van der Waals surface area contributed by atoms with Crippen molar-refractivity contribution < 1.29 is 4.79 Å². The molecule has 3 rings (SSSR count). The van der Waals surface area contributed by atoms with Gasteiger partial charge in [0.2, 0.25) is 5.95 Å². The molecule has 0 radical (unpaired) electrons. The number of hydrogen-bond acceptors (Lipinski definition) is 6. The first-order valence-electron chi connectivity index (χ1n) is 7.68. The minimum absolute atomic E-state index is 0.213. The van der Waals surface area contributed by atoms with Gasteiger partial charge in [-0.2, -0.15) is 0 Å². The molecule has 0 atom stereocenters. The molecule has 2 aromatic heterocycles. The van der Waals surface area contributed by atoms with Gasteiger partial charge in [-0.15, -0.1) is 11.3 Å². The largest absolute Gasteiger partial charge is 0.397 e. The van der Waals surface area contributed by atoms with Crippen LogP contribution in [0.2, 0.25) is 0 Å². The molecule has 1 amide bonds. The number of nitrogen functional groups attached to an aromatic ring is 1. The Hall–Kier alpha value is -2.67. The molecule has 0 aliphatic heterocycles. The van der Waals surface area contributed by atoms with Crippen LogP contribution in [-0.2, 0) is 0 Å². The van der Waals surface area contributed by atoms with Crippen molar-refractivity contribution in [3.05, 3.63) is 34.7 Å². The number of thiophene rings is 1. The molecule has 0 aliphatic carbocycles. The summed E-state index contributed by atoms with van der Waals surface area (Å²) in [4.78, 5) is 22.4. The Morgan fingerprint density at radius 2 is 1.96 bits per heavy atom. The second-order valence-electron chi connectivity index (χ2n) is 5.40. The molecule has 0 aliphatic rings. The van der Waals surface area contributed by atoms with E-state index < -0.39 is 0 Å². The average molecular weight is 341 g/mol. The van der Waals surface area contributed by atoms with E-state index in [1.807, 2.05) is 38.1 Å². The van der Waals surface area contributed by atoms with E-state index in [0.717, 1.165) is 16.6 Å². The molecule has 0 bridgehead atoms. The van der Waals surface area contributed by atoms with Crippen LogP contribution >= 0.6 is 11.3 Å². The number of benzene rings is 1. The summed E-state index contributed by atoms with van der Waals surface area (Å²) in [5.74, 6) is 0.320. The molecular formula is C17H19N5OS. The van der Waals surface area contributed by atoms with Crippen LogP contribution in [0.15, 0.2) is 24.3 Å². The third-order valence-corrected chi connectivity index (χ3v) is 4.78. The molecule has 2 heterocycles. The first-order valence-corrected chi connectivity index (χ1v) is 8.49. The van der Waals surface area contributed by atoms with Gasteiger partial charge >= 0.3 is 0 Å². The van der Waals surface area contributed by atoms with E-state index in [4.69, 9.17) is 5.73 Å². The van der Waals surface area contributed by atoms with E-state index >= 15 is 0 Å². The van der Waals surface area contributed by atoms with E-state index in [1.54, 1.807) is 7.05 Å². The zero-order valence-electron chi connectivity index (χ0n) is 13.8. The van der Waals surface area contributed by atoms with Crippen molar-refractivity contribution in [1.82, 2.24) is 15.3 Å². The number of rotatable bonds is 4. The molecule has 7 heteroatoms. The van der Waals surface area contributed by atoms with E-state index in [0.29, 0.717) is 27.9 Å². The summed E-state index contributed by atoms with van der Waals surface area (Å²) in [7, 11) is 1.59. The van der Waals surface area contributed by atoms with Crippen molar-refractivity contribution >= 4 is 39.1 Å². The van der Waals surface area contributed by atoms with E-state index in [9.17, 15) is 4.79 Å². The van der Waals surface area contributed by atoms with E-state index in [-0.39, 0.29) is 5.91 Å². The number of nitrogens with one attached hydrogen (secondary N) is 2. The number of anilines is 2. The van der Waals surface area contributed by atoms with Crippen LogP contribution in [0.25, 0.3) is 21.5 Å². The van der Waals surface area contributed by atoms with Crippen LogP contribution in [-0.4, -0.2) is 29.5 Å². The maximum absolute atomic E-state index is 12.1. The highest BCUT2D eigenvalue weighted by atomic mass is 32.1. The summed E-state index contributed by atoms with van der Waals surface area (Å²) in [6.07, 6.45) is 0. The number of nitrogens with zero attached hydrogens (tertiary/aromatic N) is 2. The molecule has 6 nitrogen and oxygen atoms in total. The normalized spacial score (nSPS) is 10.8. The van der Waals surface area contributed by atoms with Crippen LogP contribution in [0.3, 0.4) is 0 Å². The van der Waals surface area contributed by atoms with Gasteiger partial charge in [0.25, 0.3) is 5.91 Å². The Morgan fingerprint density at radius 3 is 2.58 bits per heavy atom. The number of carbonyl (C=O) groups excluding carboxylic acids is 1. The Bertz CT molecular complexity index is 901. The minimum atomic E-state index is -0.213. The minimum Gasteiger partial charge on any atom is -0.397 e. The van der Waals surface area contributed by atoms with Crippen molar-refractivity contribution in [2.75, 3.05) is 24.6 Å². The van der Waals surface area contributed by atoms with Crippen molar-refractivity contribution in [3.63, 3.8) is 0 Å². The van der Waals surface area contributed by atoms with Gasteiger partial charge < -0.3 is 16.4 Å².